The highest BCUT2D eigenvalue weighted by atomic mass is 32.1. The molecule has 4 rings (SSSR count). The molecule has 1 aliphatic heterocycles. The van der Waals surface area contributed by atoms with Gasteiger partial charge in [0.05, 0.1) is 6.07 Å². The van der Waals surface area contributed by atoms with Gasteiger partial charge in [0.15, 0.2) is 5.76 Å². The molecule has 1 unspecified atom stereocenters. The number of furan rings is 1. The Labute approximate surface area is 148 Å². The van der Waals surface area contributed by atoms with Crippen LogP contribution in [0.1, 0.15) is 35.4 Å². The molecule has 1 amide bonds. The Balaban J connectivity index is 1.58. The smallest absolute Gasteiger partial charge is 0.395 e. The first kappa shape index (κ1) is 16.3. The summed E-state index contributed by atoms with van der Waals surface area (Å²) in [6, 6.07) is 4.82. The van der Waals surface area contributed by atoms with Gasteiger partial charge < -0.3 is 14.6 Å². The molecule has 2 aromatic heterocycles. The number of amides is 1. The molecular formula is C17H19N3O4S. The summed E-state index contributed by atoms with van der Waals surface area (Å²) in [4.78, 5) is 25.1. The fourth-order valence-corrected chi connectivity index (χ4v) is 4.47. The van der Waals surface area contributed by atoms with Gasteiger partial charge in [-0.2, -0.15) is 11.3 Å². The van der Waals surface area contributed by atoms with E-state index in [2.05, 4.69) is 5.32 Å². The highest BCUT2D eigenvalue weighted by Gasteiger charge is 2.58. The van der Waals surface area contributed by atoms with Crippen LogP contribution in [0, 0.1) is 15.5 Å². The van der Waals surface area contributed by atoms with E-state index in [-0.39, 0.29) is 23.1 Å². The van der Waals surface area contributed by atoms with Crippen LogP contribution in [0.15, 0.2) is 33.4 Å². The van der Waals surface area contributed by atoms with Crippen molar-refractivity contribution in [1.29, 1.82) is 0 Å². The summed E-state index contributed by atoms with van der Waals surface area (Å²) >= 11 is 1.60. The van der Waals surface area contributed by atoms with Crippen molar-refractivity contribution in [2.45, 2.75) is 31.8 Å². The fourth-order valence-electron chi connectivity index (χ4n) is 3.81. The van der Waals surface area contributed by atoms with Crippen LogP contribution in [0.3, 0.4) is 0 Å². The van der Waals surface area contributed by atoms with Crippen LogP contribution in [0.25, 0.3) is 0 Å². The van der Waals surface area contributed by atoms with Crippen molar-refractivity contribution in [2.75, 3.05) is 13.1 Å². The molecule has 1 aliphatic carbocycles. The van der Waals surface area contributed by atoms with E-state index in [1.165, 1.54) is 12.1 Å². The van der Waals surface area contributed by atoms with Gasteiger partial charge in [0.2, 0.25) is 0 Å². The van der Waals surface area contributed by atoms with Gasteiger partial charge >= 0.3 is 5.88 Å². The van der Waals surface area contributed by atoms with Crippen LogP contribution in [0.2, 0.25) is 0 Å². The van der Waals surface area contributed by atoms with E-state index >= 15 is 0 Å². The zero-order valence-corrected chi connectivity index (χ0v) is 14.5. The first-order chi connectivity index (χ1) is 12.1. The van der Waals surface area contributed by atoms with E-state index in [0.717, 1.165) is 37.9 Å². The molecule has 0 radical (unpaired) electrons. The summed E-state index contributed by atoms with van der Waals surface area (Å²) in [7, 11) is 0. The van der Waals surface area contributed by atoms with Gasteiger partial charge in [0.25, 0.3) is 5.91 Å². The quantitative estimate of drug-likeness (QED) is 0.653. The molecule has 2 aliphatic rings. The number of carbonyl (C=O) groups excluding carboxylic acids is 1. The predicted octanol–water partition coefficient (Wildman–Crippen LogP) is 3.03. The molecule has 25 heavy (non-hydrogen) atoms. The molecule has 1 N–H and O–H groups in total. The Kier molecular flexibility index (Phi) is 4.09. The number of nitrogens with zero attached hydrogens (tertiary/aromatic N) is 2. The number of hydrogen-bond donors (Lipinski definition) is 1. The molecule has 1 atom stereocenters. The summed E-state index contributed by atoms with van der Waals surface area (Å²) in [5.74, 6) is -0.621. The van der Waals surface area contributed by atoms with Gasteiger partial charge in [-0.25, -0.2) is 0 Å². The number of thiophene rings is 1. The van der Waals surface area contributed by atoms with E-state index in [9.17, 15) is 14.9 Å². The molecule has 132 valence electrons. The molecular weight excluding hydrogens is 342 g/mol. The third kappa shape index (κ3) is 3.07. The summed E-state index contributed by atoms with van der Waals surface area (Å²) in [6.07, 6.45) is 3.11. The number of hydrogen-bond acceptors (Lipinski definition) is 6. The molecule has 3 heterocycles. The van der Waals surface area contributed by atoms with Crippen molar-refractivity contribution >= 4 is 23.1 Å². The van der Waals surface area contributed by atoms with E-state index in [0.29, 0.717) is 6.54 Å². The zero-order valence-electron chi connectivity index (χ0n) is 13.6. The third-order valence-electron chi connectivity index (χ3n) is 5.30. The second-order valence-electron chi connectivity index (χ2n) is 6.79. The van der Waals surface area contributed by atoms with Gasteiger partial charge in [-0.1, -0.05) is 0 Å². The van der Waals surface area contributed by atoms with Crippen LogP contribution in [0.4, 0.5) is 5.88 Å². The lowest BCUT2D eigenvalue weighted by Gasteiger charge is -2.29. The largest absolute Gasteiger partial charge is 0.433 e. The van der Waals surface area contributed by atoms with Crippen LogP contribution in [0.5, 0.6) is 0 Å². The van der Waals surface area contributed by atoms with Crippen LogP contribution in [-0.4, -0.2) is 34.9 Å². The maximum Gasteiger partial charge on any atom is 0.433 e. The van der Waals surface area contributed by atoms with Gasteiger partial charge in [-0.05, 0) is 66.2 Å². The number of nitrogens with one attached hydrogen (secondary N) is 1. The zero-order chi connectivity index (χ0) is 17.4. The lowest BCUT2D eigenvalue weighted by Crippen LogP contribution is -2.39. The lowest BCUT2D eigenvalue weighted by molar-refractivity contribution is -0.402. The topological polar surface area (TPSA) is 88.6 Å². The SMILES string of the molecule is O=C(c1ccc([N+](=O)[O-])o1)N(Cc1ccsc1)C1CC12CCNCC2. The van der Waals surface area contributed by atoms with Crippen LogP contribution < -0.4 is 5.32 Å². The Hall–Kier alpha value is -2.19. The van der Waals surface area contributed by atoms with Crippen molar-refractivity contribution in [3.63, 3.8) is 0 Å². The molecule has 1 saturated heterocycles. The summed E-state index contributed by atoms with van der Waals surface area (Å²) in [5.41, 5.74) is 1.27. The van der Waals surface area contributed by atoms with Crippen molar-refractivity contribution in [2.24, 2.45) is 5.41 Å². The minimum absolute atomic E-state index is 0.0397. The van der Waals surface area contributed by atoms with Gasteiger partial charge in [-0.15, -0.1) is 0 Å². The van der Waals surface area contributed by atoms with Crippen molar-refractivity contribution in [1.82, 2.24) is 10.2 Å². The second kappa shape index (κ2) is 6.27. The molecule has 1 spiro atoms. The van der Waals surface area contributed by atoms with E-state index < -0.39 is 10.8 Å². The standard InChI is InChI=1S/C17H19N3O4S/c21-16(13-1-2-15(24-13)20(22)23)19(10-12-3-8-25-11-12)14-9-17(14)4-6-18-7-5-17/h1-3,8,11,14,18H,4-7,9-10H2. The highest BCUT2D eigenvalue weighted by Crippen LogP contribution is 2.56. The minimum Gasteiger partial charge on any atom is -0.395 e. The average molecular weight is 361 g/mol. The Morgan fingerprint density at radius 2 is 2.20 bits per heavy atom. The number of rotatable bonds is 5. The third-order valence-corrected chi connectivity index (χ3v) is 6.03. The van der Waals surface area contributed by atoms with Gasteiger partial charge in [0, 0.05) is 12.6 Å². The predicted molar refractivity (Wildman–Crippen MR) is 92.5 cm³/mol. The Bertz CT molecular complexity index is 780. The molecule has 2 fully saturated rings. The average Bonchev–Trinajstić information content (AvgIpc) is 3.06. The van der Waals surface area contributed by atoms with Crippen LogP contribution >= 0.6 is 11.3 Å². The lowest BCUT2D eigenvalue weighted by atomic mass is 9.93. The molecule has 8 heteroatoms. The van der Waals surface area contributed by atoms with Crippen molar-refractivity contribution < 1.29 is 14.1 Å². The summed E-state index contributed by atoms with van der Waals surface area (Å²) in [5, 5.41) is 18.2. The summed E-state index contributed by atoms with van der Waals surface area (Å²) in [6.45, 7) is 2.46. The second-order valence-corrected chi connectivity index (χ2v) is 7.57. The normalized spacial score (nSPS) is 21.2. The molecule has 7 nitrogen and oxygen atoms in total. The first-order valence-electron chi connectivity index (χ1n) is 8.36. The Morgan fingerprint density at radius 1 is 1.40 bits per heavy atom. The van der Waals surface area contributed by atoms with E-state index in [4.69, 9.17) is 4.42 Å². The maximum atomic E-state index is 13.0. The monoisotopic (exact) mass is 361 g/mol. The highest BCUT2D eigenvalue weighted by molar-refractivity contribution is 7.07. The van der Waals surface area contributed by atoms with Gasteiger partial charge in [0.1, 0.15) is 4.92 Å². The minimum atomic E-state index is -0.620. The van der Waals surface area contributed by atoms with Crippen LogP contribution in [-0.2, 0) is 6.54 Å². The number of carbonyl (C=O) groups is 1. The van der Waals surface area contributed by atoms with E-state index in [1.807, 2.05) is 21.7 Å². The number of nitro groups is 1. The molecule has 0 bridgehead atoms. The fraction of sp³-hybridized carbons (Fsp3) is 0.471. The maximum absolute atomic E-state index is 13.0. The molecule has 0 aromatic carbocycles. The van der Waals surface area contributed by atoms with Gasteiger partial charge in [-0.3, -0.25) is 14.9 Å². The Morgan fingerprint density at radius 3 is 2.84 bits per heavy atom. The number of piperidine rings is 1. The van der Waals surface area contributed by atoms with Crippen molar-refractivity contribution in [3.8, 4) is 0 Å². The summed E-state index contributed by atoms with van der Waals surface area (Å²) < 4.78 is 5.16. The molecule has 1 saturated carbocycles. The molecule has 2 aromatic rings. The van der Waals surface area contributed by atoms with E-state index in [1.54, 1.807) is 11.3 Å². The van der Waals surface area contributed by atoms with Crippen molar-refractivity contribution in [3.05, 3.63) is 50.4 Å². The first-order valence-corrected chi connectivity index (χ1v) is 9.30.